The molecule has 0 saturated carbocycles. The lowest BCUT2D eigenvalue weighted by molar-refractivity contribution is -0.133. The highest BCUT2D eigenvalue weighted by molar-refractivity contribution is 5.85. The van der Waals surface area contributed by atoms with Gasteiger partial charge in [-0.3, -0.25) is 9.59 Å². The molecule has 5 nitrogen and oxygen atoms in total. The Morgan fingerprint density at radius 3 is 2.71 bits per heavy atom. The smallest absolute Gasteiger partial charge is 0.242 e. The summed E-state index contributed by atoms with van der Waals surface area (Å²) in [4.78, 5) is 25.1. The second-order valence-electron chi connectivity index (χ2n) is 5.55. The normalized spacial score (nSPS) is 21.3. The molecule has 0 aromatic heterocycles. The quantitative estimate of drug-likeness (QED) is 0.831. The highest BCUT2D eigenvalue weighted by Crippen LogP contribution is 2.27. The van der Waals surface area contributed by atoms with Gasteiger partial charge in [-0.05, 0) is 31.2 Å². The molecule has 2 rings (SSSR count). The monoisotopic (exact) mass is 289 g/mol. The number of benzene rings is 1. The average Bonchev–Trinajstić information content (AvgIpc) is 2.86. The summed E-state index contributed by atoms with van der Waals surface area (Å²) in [6, 6.07) is 10.5. The van der Waals surface area contributed by atoms with Gasteiger partial charge in [0.25, 0.3) is 0 Å². The van der Waals surface area contributed by atoms with E-state index in [1.54, 1.807) is 0 Å². The third kappa shape index (κ3) is 4.04. The van der Waals surface area contributed by atoms with Crippen LogP contribution >= 0.6 is 0 Å². The second kappa shape index (κ2) is 7.22. The number of hydrogen-bond donors (Lipinski definition) is 2. The van der Waals surface area contributed by atoms with E-state index in [2.05, 4.69) is 24.4 Å². The minimum atomic E-state index is -0.295. The van der Waals surface area contributed by atoms with Crippen molar-refractivity contribution >= 4 is 11.8 Å². The maximum Gasteiger partial charge on any atom is 0.242 e. The number of likely N-dealkylation sites (tertiary alicyclic amines) is 1. The fraction of sp³-hybridized carbons (Fsp3) is 0.500. The zero-order valence-corrected chi connectivity index (χ0v) is 12.4. The van der Waals surface area contributed by atoms with Crippen molar-refractivity contribution in [3.8, 4) is 0 Å². The largest absolute Gasteiger partial charge is 0.346 e. The number of nitrogens with zero attached hydrogens (tertiary/aromatic N) is 1. The number of amides is 2. The predicted octanol–water partition coefficient (Wildman–Crippen LogP) is 0.541. The van der Waals surface area contributed by atoms with Gasteiger partial charge in [-0.2, -0.15) is 0 Å². The van der Waals surface area contributed by atoms with Crippen molar-refractivity contribution in [2.24, 2.45) is 11.7 Å². The third-order valence-electron chi connectivity index (χ3n) is 4.20. The highest BCUT2D eigenvalue weighted by atomic mass is 16.2. The molecule has 1 fully saturated rings. The van der Waals surface area contributed by atoms with E-state index in [9.17, 15) is 9.59 Å². The van der Waals surface area contributed by atoms with Crippen molar-refractivity contribution in [2.75, 3.05) is 19.6 Å². The lowest BCUT2D eigenvalue weighted by atomic mass is 9.93. The van der Waals surface area contributed by atoms with Crippen LogP contribution in [0.5, 0.6) is 0 Å². The van der Waals surface area contributed by atoms with Crippen LogP contribution in [0.2, 0.25) is 0 Å². The van der Waals surface area contributed by atoms with Crippen LogP contribution in [0, 0.1) is 5.92 Å². The molecule has 114 valence electrons. The molecule has 5 heteroatoms. The van der Waals surface area contributed by atoms with Gasteiger partial charge in [0.05, 0.1) is 13.1 Å². The zero-order valence-electron chi connectivity index (χ0n) is 12.4. The molecule has 1 aromatic rings. The maximum absolute atomic E-state index is 12.1. The number of carbonyl (C=O) groups is 2. The first-order valence-electron chi connectivity index (χ1n) is 7.42. The molecule has 1 aliphatic rings. The summed E-state index contributed by atoms with van der Waals surface area (Å²) < 4.78 is 0. The average molecular weight is 289 g/mol. The van der Waals surface area contributed by atoms with Gasteiger partial charge in [0, 0.05) is 12.6 Å². The SMILES string of the molecule is CC1C(Cc2ccccc2)CCN1C(=O)CNC(=O)CN. The molecule has 21 heavy (non-hydrogen) atoms. The summed E-state index contributed by atoms with van der Waals surface area (Å²) in [5.74, 6) is 0.150. The van der Waals surface area contributed by atoms with E-state index in [0.29, 0.717) is 5.92 Å². The van der Waals surface area contributed by atoms with Gasteiger partial charge in [-0.25, -0.2) is 0 Å². The standard InChI is InChI=1S/C16H23N3O2/c1-12-14(9-13-5-3-2-4-6-13)7-8-19(12)16(21)11-18-15(20)10-17/h2-6,12,14H,7-11,17H2,1H3,(H,18,20). The summed E-state index contributed by atoms with van der Waals surface area (Å²) in [6.07, 6.45) is 1.99. The first-order chi connectivity index (χ1) is 10.1. The van der Waals surface area contributed by atoms with E-state index < -0.39 is 0 Å². The van der Waals surface area contributed by atoms with Crippen LogP contribution in [-0.2, 0) is 16.0 Å². The van der Waals surface area contributed by atoms with Crippen LogP contribution in [0.1, 0.15) is 18.9 Å². The summed E-state index contributed by atoms with van der Waals surface area (Å²) in [7, 11) is 0. The summed E-state index contributed by atoms with van der Waals surface area (Å²) in [5, 5.41) is 2.54. The van der Waals surface area contributed by atoms with Crippen molar-refractivity contribution in [3.63, 3.8) is 0 Å². The Morgan fingerprint density at radius 1 is 1.33 bits per heavy atom. The van der Waals surface area contributed by atoms with Crippen molar-refractivity contribution < 1.29 is 9.59 Å². The fourth-order valence-electron chi connectivity index (χ4n) is 2.89. The first kappa shape index (κ1) is 15.5. The molecule has 1 aliphatic heterocycles. The lowest BCUT2D eigenvalue weighted by Gasteiger charge is -2.25. The molecule has 3 N–H and O–H groups in total. The minimum absolute atomic E-state index is 0.0279. The molecule has 2 amide bonds. The van der Waals surface area contributed by atoms with E-state index >= 15 is 0 Å². The number of nitrogens with one attached hydrogen (secondary N) is 1. The Bertz CT molecular complexity index is 490. The Kier molecular flexibility index (Phi) is 5.33. The molecule has 2 unspecified atom stereocenters. The van der Waals surface area contributed by atoms with Crippen LogP contribution < -0.4 is 11.1 Å². The van der Waals surface area contributed by atoms with Crippen molar-refractivity contribution in [3.05, 3.63) is 35.9 Å². The Morgan fingerprint density at radius 2 is 2.05 bits per heavy atom. The first-order valence-corrected chi connectivity index (χ1v) is 7.42. The molecular formula is C16H23N3O2. The molecule has 0 aliphatic carbocycles. The molecule has 0 bridgehead atoms. The number of nitrogens with two attached hydrogens (primary N) is 1. The molecule has 2 atom stereocenters. The van der Waals surface area contributed by atoms with Crippen LogP contribution in [0.4, 0.5) is 0 Å². The number of hydrogen-bond acceptors (Lipinski definition) is 3. The number of rotatable bonds is 5. The highest BCUT2D eigenvalue weighted by Gasteiger charge is 2.33. The van der Waals surface area contributed by atoms with Crippen LogP contribution in [0.15, 0.2) is 30.3 Å². The predicted molar refractivity (Wildman–Crippen MR) is 81.5 cm³/mol. The minimum Gasteiger partial charge on any atom is -0.346 e. The lowest BCUT2D eigenvalue weighted by Crippen LogP contribution is -2.44. The summed E-state index contributed by atoms with van der Waals surface area (Å²) in [5.41, 5.74) is 6.52. The van der Waals surface area contributed by atoms with E-state index in [1.165, 1.54) is 5.56 Å². The van der Waals surface area contributed by atoms with Gasteiger partial charge < -0.3 is 16.0 Å². The summed E-state index contributed by atoms with van der Waals surface area (Å²) in [6.45, 7) is 2.80. The molecule has 1 heterocycles. The van der Waals surface area contributed by atoms with Crippen molar-refractivity contribution in [1.29, 1.82) is 0 Å². The maximum atomic E-state index is 12.1. The van der Waals surface area contributed by atoms with Gasteiger partial charge in [0.1, 0.15) is 0 Å². The van der Waals surface area contributed by atoms with E-state index in [0.717, 1.165) is 19.4 Å². The van der Waals surface area contributed by atoms with Gasteiger partial charge in [-0.15, -0.1) is 0 Å². The molecule has 1 saturated heterocycles. The van der Waals surface area contributed by atoms with Gasteiger partial charge in [0.15, 0.2) is 0 Å². The summed E-state index contributed by atoms with van der Waals surface area (Å²) >= 11 is 0. The Hall–Kier alpha value is -1.88. The number of carbonyl (C=O) groups excluding carboxylic acids is 2. The Balaban J connectivity index is 1.87. The van der Waals surface area contributed by atoms with Crippen LogP contribution in [0.25, 0.3) is 0 Å². The molecule has 0 spiro atoms. The van der Waals surface area contributed by atoms with Gasteiger partial charge in [0.2, 0.25) is 11.8 Å². The van der Waals surface area contributed by atoms with E-state index in [4.69, 9.17) is 5.73 Å². The Labute approximate surface area is 125 Å². The van der Waals surface area contributed by atoms with Crippen molar-refractivity contribution in [2.45, 2.75) is 25.8 Å². The molecule has 1 aromatic carbocycles. The second-order valence-corrected chi connectivity index (χ2v) is 5.55. The third-order valence-corrected chi connectivity index (χ3v) is 4.20. The van der Waals surface area contributed by atoms with Crippen LogP contribution in [0.3, 0.4) is 0 Å². The topological polar surface area (TPSA) is 75.4 Å². The van der Waals surface area contributed by atoms with Gasteiger partial charge in [-0.1, -0.05) is 30.3 Å². The van der Waals surface area contributed by atoms with Crippen LogP contribution in [-0.4, -0.2) is 42.4 Å². The van der Waals surface area contributed by atoms with E-state index in [-0.39, 0.29) is 30.9 Å². The van der Waals surface area contributed by atoms with Crippen molar-refractivity contribution in [1.82, 2.24) is 10.2 Å². The van der Waals surface area contributed by atoms with Gasteiger partial charge >= 0.3 is 0 Å². The fourth-order valence-corrected chi connectivity index (χ4v) is 2.89. The van der Waals surface area contributed by atoms with E-state index in [1.807, 2.05) is 23.1 Å². The molecular weight excluding hydrogens is 266 g/mol. The zero-order chi connectivity index (χ0) is 15.2. The molecule has 0 radical (unpaired) electrons.